The summed E-state index contributed by atoms with van der Waals surface area (Å²) in [5.41, 5.74) is 0. The number of para-hydroxylation sites is 2. The van der Waals surface area contributed by atoms with Gasteiger partial charge in [-0.05, 0) is 30.9 Å². The molecule has 2 heterocycles. The van der Waals surface area contributed by atoms with Crippen LogP contribution in [0.2, 0.25) is 0 Å². The van der Waals surface area contributed by atoms with Crippen molar-refractivity contribution in [3.8, 4) is 11.5 Å². The van der Waals surface area contributed by atoms with Gasteiger partial charge in [0.1, 0.15) is 12.7 Å². The minimum absolute atomic E-state index is 0.0849. The zero-order chi connectivity index (χ0) is 15.5. The second-order valence-corrected chi connectivity index (χ2v) is 6.74. The molecule has 4 unspecified atom stereocenters. The SMILES string of the molecule is c1ccc2c(c1)OCC(CNC1CCCC1C1COCCN1)O2. The first-order valence-electron chi connectivity index (χ1n) is 8.83. The lowest BCUT2D eigenvalue weighted by atomic mass is 9.94. The van der Waals surface area contributed by atoms with Crippen LogP contribution in [0, 0.1) is 5.92 Å². The van der Waals surface area contributed by atoms with Gasteiger partial charge in [0.05, 0.1) is 13.2 Å². The fourth-order valence-corrected chi connectivity index (χ4v) is 4.03. The Bertz CT molecular complexity index is 519. The second-order valence-electron chi connectivity index (χ2n) is 6.74. The van der Waals surface area contributed by atoms with Crippen molar-refractivity contribution in [1.82, 2.24) is 10.6 Å². The van der Waals surface area contributed by atoms with E-state index in [4.69, 9.17) is 14.2 Å². The third kappa shape index (κ3) is 3.47. The molecular formula is C18H26N2O3. The highest BCUT2D eigenvalue weighted by atomic mass is 16.6. The zero-order valence-electron chi connectivity index (χ0n) is 13.5. The Balaban J connectivity index is 1.30. The molecule has 23 heavy (non-hydrogen) atoms. The summed E-state index contributed by atoms with van der Waals surface area (Å²) in [6, 6.07) is 8.94. The number of fused-ring (bicyclic) bond motifs is 1. The molecule has 0 aromatic heterocycles. The lowest BCUT2D eigenvalue weighted by Gasteiger charge is -2.34. The van der Waals surface area contributed by atoms with Crippen LogP contribution in [0.25, 0.3) is 0 Å². The number of hydrogen-bond acceptors (Lipinski definition) is 5. The van der Waals surface area contributed by atoms with Crippen LogP contribution in [0.3, 0.4) is 0 Å². The third-order valence-electron chi connectivity index (χ3n) is 5.21. The van der Waals surface area contributed by atoms with Crippen LogP contribution in [0.4, 0.5) is 0 Å². The first kappa shape index (κ1) is 15.2. The zero-order valence-corrected chi connectivity index (χ0v) is 13.5. The lowest BCUT2D eigenvalue weighted by Crippen LogP contribution is -2.52. The Morgan fingerprint density at radius 2 is 2.04 bits per heavy atom. The van der Waals surface area contributed by atoms with Crippen LogP contribution in [-0.4, -0.2) is 51.1 Å². The van der Waals surface area contributed by atoms with E-state index in [1.165, 1.54) is 19.3 Å². The van der Waals surface area contributed by atoms with Gasteiger partial charge in [-0.2, -0.15) is 0 Å². The molecule has 0 bridgehead atoms. The normalized spacial score (nSPS) is 33.6. The highest BCUT2D eigenvalue weighted by Crippen LogP contribution is 2.32. The predicted octanol–water partition coefficient (Wildman–Crippen LogP) is 1.57. The molecular weight excluding hydrogens is 292 g/mol. The molecule has 4 rings (SSSR count). The second kappa shape index (κ2) is 7.07. The highest BCUT2D eigenvalue weighted by molar-refractivity contribution is 5.40. The van der Waals surface area contributed by atoms with E-state index < -0.39 is 0 Å². The summed E-state index contributed by atoms with van der Waals surface area (Å²) in [6.07, 6.45) is 3.91. The van der Waals surface area contributed by atoms with Crippen molar-refractivity contribution in [2.45, 2.75) is 37.5 Å². The number of benzene rings is 1. The molecule has 0 amide bonds. The summed E-state index contributed by atoms with van der Waals surface area (Å²) < 4.78 is 17.5. The summed E-state index contributed by atoms with van der Waals surface area (Å²) in [5, 5.41) is 7.35. The van der Waals surface area contributed by atoms with E-state index in [-0.39, 0.29) is 6.10 Å². The van der Waals surface area contributed by atoms with Crippen molar-refractivity contribution in [2.75, 3.05) is 32.9 Å². The molecule has 1 saturated heterocycles. The summed E-state index contributed by atoms with van der Waals surface area (Å²) in [4.78, 5) is 0. The van der Waals surface area contributed by atoms with Crippen LogP contribution in [0.5, 0.6) is 11.5 Å². The number of ether oxygens (including phenoxy) is 3. The van der Waals surface area contributed by atoms with Gasteiger partial charge in [-0.15, -0.1) is 0 Å². The van der Waals surface area contributed by atoms with E-state index in [1.54, 1.807) is 0 Å². The van der Waals surface area contributed by atoms with Gasteiger partial charge in [0.2, 0.25) is 0 Å². The summed E-state index contributed by atoms with van der Waals surface area (Å²) in [6.45, 7) is 4.12. The molecule has 5 heteroatoms. The molecule has 5 nitrogen and oxygen atoms in total. The largest absolute Gasteiger partial charge is 0.486 e. The molecule has 3 aliphatic rings. The van der Waals surface area contributed by atoms with Crippen LogP contribution < -0.4 is 20.1 Å². The minimum Gasteiger partial charge on any atom is -0.486 e. The van der Waals surface area contributed by atoms with Crippen molar-refractivity contribution >= 4 is 0 Å². The van der Waals surface area contributed by atoms with E-state index in [0.717, 1.165) is 37.8 Å². The summed E-state index contributed by atoms with van der Waals surface area (Å²) in [5.74, 6) is 2.37. The number of hydrogen-bond donors (Lipinski definition) is 2. The van der Waals surface area contributed by atoms with E-state index in [0.29, 0.717) is 24.6 Å². The Hall–Kier alpha value is -1.30. The molecule has 1 aromatic rings. The average Bonchev–Trinajstić information content (AvgIpc) is 3.09. The van der Waals surface area contributed by atoms with Crippen molar-refractivity contribution in [1.29, 1.82) is 0 Å². The first-order valence-corrected chi connectivity index (χ1v) is 8.83. The molecule has 4 atom stereocenters. The van der Waals surface area contributed by atoms with Crippen molar-refractivity contribution in [2.24, 2.45) is 5.92 Å². The summed E-state index contributed by atoms with van der Waals surface area (Å²) >= 11 is 0. The van der Waals surface area contributed by atoms with E-state index in [9.17, 15) is 0 Å². The number of nitrogens with one attached hydrogen (secondary N) is 2. The van der Waals surface area contributed by atoms with Gasteiger partial charge in [0.25, 0.3) is 0 Å². The van der Waals surface area contributed by atoms with Gasteiger partial charge in [-0.3, -0.25) is 0 Å². The Kier molecular flexibility index (Phi) is 4.69. The van der Waals surface area contributed by atoms with E-state index in [2.05, 4.69) is 10.6 Å². The standard InChI is InChI=1S/C18H26N2O3/c1-2-7-18-17(6-1)22-11-13(23-18)10-20-15-5-3-4-14(15)16-12-21-9-8-19-16/h1-2,6-7,13-16,19-20H,3-5,8-12H2. The van der Waals surface area contributed by atoms with Crippen LogP contribution in [-0.2, 0) is 4.74 Å². The Labute approximate surface area is 137 Å². The van der Waals surface area contributed by atoms with Gasteiger partial charge in [-0.25, -0.2) is 0 Å². The fourth-order valence-electron chi connectivity index (χ4n) is 4.03. The first-order chi connectivity index (χ1) is 11.4. The average molecular weight is 318 g/mol. The van der Waals surface area contributed by atoms with Gasteiger partial charge in [0, 0.05) is 25.2 Å². The van der Waals surface area contributed by atoms with Crippen LogP contribution in [0.1, 0.15) is 19.3 Å². The van der Waals surface area contributed by atoms with Crippen molar-refractivity contribution < 1.29 is 14.2 Å². The summed E-state index contributed by atoms with van der Waals surface area (Å²) in [7, 11) is 0. The van der Waals surface area contributed by atoms with Gasteiger partial charge in [0.15, 0.2) is 11.5 Å². The Morgan fingerprint density at radius 1 is 1.13 bits per heavy atom. The van der Waals surface area contributed by atoms with Crippen LogP contribution >= 0.6 is 0 Å². The molecule has 2 aliphatic heterocycles. The molecule has 126 valence electrons. The lowest BCUT2D eigenvalue weighted by molar-refractivity contribution is 0.0493. The number of morpholine rings is 1. The molecule has 0 radical (unpaired) electrons. The molecule has 1 aliphatic carbocycles. The van der Waals surface area contributed by atoms with E-state index in [1.807, 2.05) is 24.3 Å². The molecule has 0 spiro atoms. The van der Waals surface area contributed by atoms with E-state index >= 15 is 0 Å². The number of rotatable bonds is 4. The van der Waals surface area contributed by atoms with Gasteiger partial charge in [-0.1, -0.05) is 18.6 Å². The molecule has 1 saturated carbocycles. The van der Waals surface area contributed by atoms with Gasteiger partial charge >= 0.3 is 0 Å². The minimum atomic E-state index is 0.0849. The van der Waals surface area contributed by atoms with Crippen LogP contribution in [0.15, 0.2) is 24.3 Å². The maximum atomic E-state index is 6.04. The maximum absolute atomic E-state index is 6.04. The van der Waals surface area contributed by atoms with Crippen molar-refractivity contribution in [3.63, 3.8) is 0 Å². The quantitative estimate of drug-likeness (QED) is 0.883. The topological polar surface area (TPSA) is 51.8 Å². The fraction of sp³-hybridized carbons (Fsp3) is 0.667. The smallest absolute Gasteiger partial charge is 0.161 e. The molecule has 2 N–H and O–H groups in total. The molecule has 1 aromatic carbocycles. The van der Waals surface area contributed by atoms with Crippen molar-refractivity contribution in [3.05, 3.63) is 24.3 Å². The predicted molar refractivity (Wildman–Crippen MR) is 88.1 cm³/mol. The third-order valence-corrected chi connectivity index (χ3v) is 5.21. The van der Waals surface area contributed by atoms with Gasteiger partial charge < -0.3 is 24.8 Å². The molecule has 2 fully saturated rings. The Morgan fingerprint density at radius 3 is 2.91 bits per heavy atom. The monoisotopic (exact) mass is 318 g/mol. The maximum Gasteiger partial charge on any atom is 0.161 e. The highest BCUT2D eigenvalue weighted by Gasteiger charge is 2.35.